The minimum Gasteiger partial charge on any atom is -0.338 e. The number of aromatic amines is 1. The van der Waals surface area contributed by atoms with E-state index >= 15 is 0 Å². The first-order valence-corrected chi connectivity index (χ1v) is 11.1. The van der Waals surface area contributed by atoms with Gasteiger partial charge in [0.1, 0.15) is 0 Å². The number of aromatic nitrogens is 4. The first kappa shape index (κ1) is 22.9. The first-order chi connectivity index (χ1) is 16.4. The zero-order chi connectivity index (χ0) is 24.2. The van der Waals surface area contributed by atoms with Gasteiger partial charge in [-0.1, -0.05) is 13.0 Å². The number of hydrogen-bond donors (Lipinski definition) is 3. The molecule has 3 aromatic heterocycles. The van der Waals surface area contributed by atoms with E-state index < -0.39 is 6.03 Å². The molecule has 0 aliphatic rings. The molecule has 4 aromatic rings. The smallest absolute Gasteiger partial charge is 0.321 e. The number of carbonyl (C=O) groups is 2. The Hall–Kier alpha value is -4.27. The number of Topliss-reactive ketones (excluding diaryl/α,β-unsaturated/α-hetero) is 1. The molecule has 9 heteroatoms. The minimum absolute atomic E-state index is 0.0692. The summed E-state index contributed by atoms with van der Waals surface area (Å²) in [4.78, 5) is 49.3. The average molecular weight is 459 g/mol. The second-order valence-electron chi connectivity index (χ2n) is 7.90. The lowest BCUT2D eigenvalue weighted by atomic mass is 9.99. The van der Waals surface area contributed by atoms with Gasteiger partial charge >= 0.3 is 6.03 Å². The molecule has 1 aromatic carbocycles. The highest BCUT2D eigenvalue weighted by Gasteiger charge is 2.17. The van der Waals surface area contributed by atoms with Gasteiger partial charge in [-0.2, -0.15) is 0 Å². The van der Waals surface area contributed by atoms with Crippen molar-refractivity contribution < 1.29 is 9.59 Å². The highest BCUT2D eigenvalue weighted by molar-refractivity contribution is 6.08. The Bertz CT molecular complexity index is 1420. The van der Waals surface area contributed by atoms with E-state index in [4.69, 9.17) is 0 Å². The largest absolute Gasteiger partial charge is 0.338 e. The van der Waals surface area contributed by atoms with Crippen LogP contribution >= 0.6 is 0 Å². The van der Waals surface area contributed by atoms with Crippen molar-refractivity contribution in [2.45, 2.75) is 33.7 Å². The van der Waals surface area contributed by atoms with E-state index in [1.165, 1.54) is 0 Å². The van der Waals surface area contributed by atoms with Crippen LogP contribution in [-0.4, -0.2) is 37.9 Å². The zero-order valence-corrected chi connectivity index (χ0v) is 19.3. The predicted octanol–water partition coefficient (Wildman–Crippen LogP) is 3.88. The van der Waals surface area contributed by atoms with E-state index in [0.717, 1.165) is 11.4 Å². The summed E-state index contributed by atoms with van der Waals surface area (Å²) in [6.07, 6.45) is 2.01. The highest BCUT2D eigenvalue weighted by atomic mass is 16.2. The molecule has 0 saturated carbocycles. The third-order valence-electron chi connectivity index (χ3n) is 5.50. The van der Waals surface area contributed by atoms with E-state index in [1.807, 2.05) is 38.1 Å². The van der Waals surface area contributed by atoms with Gasteiger partial charge in [-0.3, -0.25) is 19.9 Å². The fourth-order valence-electron chi connectivity index (χ4n) is 3.81. The lowest BCUT2D eigenvalue weighted by Gasteiger charge is -2.12. The van der Waals surface area contributed by atoms with Crippen LogP contribution in [0.25, 0.3) is 22.2 Å². The monoisotopic (exact) mass is 458 g/mol. The number of nitrogens with zero attached hydrogens (tertiary/aromatic N) is 3. The van der Waals surface area contributed by atoms with Crippen molar-refractivity contribution >= 4 is 28.8 Å². The topological polar surface area (TPSA) is 122 Å². The van der Waals surface area contributed by atoms with Crippen LogP contribution in [0, 0.1) is 6.92 Å². The van der Waals surface area contributed by atoms with Gasteiger partial charge in [-0.25, -0.2) is 9.78 Å². The second-order valence-corrected chi connectivity index (χ2v) is 7.90. The summed E-state index contributed by atoms with van der Waals surface area (Å²) in [7, 11) is 0. The van der Waals surface area contributed by atoms with Crippen molar-refractivity contribution in [2.75, 3.05) is 11.9 Å². The Kier molecular flexibility index (Phi) is 6.53. The lowest BCUT2D eigenvalue weighted by molar-refractivity contribution is 0.0989. The van der Waals surface area contributed by atoms with E-state index in [2.05, 4.69) is 25.6 Å². The Labute approximate surface area is 196 Å². The predicted molar refractivity (Wildman–Crippen MR) is 131 cm³/mol. The maximum atomic E-state index is 13.0. The first-order valence-electron chi connectivity index (χ1n) is 11.1. The summed E-state index contributed by atoms with van der Waals surface area (Å²) in [6, 6.07) is 12.2. The maximum Gasteiger partial charge on any atom is 0.321 e. The van der Waals surface area contributed by atoms with Gasteiger partial charge in [0, 0.05) is 36.5 Å². The van der Waals surface area contributed by atoms with Gasteiger partial charge in [0.15, 0.2) is 5.78 Å². The number of imidazole rings is 1. The third-order valence-corrected chi connectivity index (χ3v) is 5.50. The molecule has 0 bridgehead atoms. The van der Waals surface area contributed by atoms with Crippen LogP contribution in [0.5, 0.6) is 0 Å². The summed E-state index contributed by atoms with van der Waals surface area (Å²) in [5, 5.41) is 5.28. The highest BCUT2D eigenvalue weighted by Crippen LogP contribution is 2.28. The maximum absolute atomic E-state index is 13.0. The van der Waals surface area contributed by atoms with Crippen LogP contribution in [0.4, 0.5) is 10.7 Å². The number of nitrogens with one attached hydrogen (secondary N) is 3. The molecule has 174 valence electrons. The van der Waals surface area contributed by atoms with E-state index in [1.54, 1.807) is 35.9 Å². The lowest BCUT2D eigenvalue weighted by Crippen LogP contribution is -2.28. The summed E-state index contributed by atoms with van der Waals surface area (Å²) in [5.41, 5.74) is 4.32. The second kappa shape index (κ2) is 9.70. The summed E-state index contributed by atoms with van der Waals surface area (Å²) < 4.78 is 1.66. The quantitative estimate of drug-likeness (QED) is 0.363. The summed E-state index contributed by atoms with van der Waals surface area (Å²) in [5.74, 6) is 0.172. The average Bonchev–Trinajstić information content (AvgIpc) is 3.23. The van der Waals surface area contributed by atoms with Crippen LogP contribution in [0.3, 0.4) is 0 Å². The van der Waals surface area contributed by atoms with Gasteiger partial charge in [-0.05, 0) is 55.3 Å². The number of aryl methyl sites for hydroxylation is 1. The number of pyridine rings is 2. The zero-order valence-electron chi connectivity index (χ0n) is 19.3. The van der Waals surface area contributed by atoms with Crippen molar-refractivity contribution in [3.05, 3.63) is 76.0 Å². The van der Waals surface area contributed by atoms with Crippen molar-refractivity contribution in [3.8, 4) is 11.1 Å². The number of hydrogen-bond acceptors (Lipinski definition) is 5. The Morgan fingerprint density at radius 2 is 1.88 bits per heavy atom. The molecular weight excluding hydrogens is 432 g/mol. The van der Waals surface area contributed by atoms with Crippen molar-refractivity contribution in [3.63, 3.8) is 0 Å². The SMILES string of the molecule is CCNC(=O)Nc1nc2cc(-c3cc(C)n(Cc4ccccn4)c(=O)c3)cc(C(=O)CC)c2[nH]1. The van der Waals surface area contributed by atoms with E-state index in [9.17, 15) is 14.4 Å². The molecule has 0 saturated heterocycles. The van der Waals surface area contributed by atoms with Crippen LogP contribution in [0.2, 0.25) is 0 Å². The number of amides is 2. The molecular formula is C25H26N6O3. The van der Waals surface area contributed by atoms with Gasteiger partial charge in [0.2, 0.25) is 5.95 Å². The van der Waals surface area contributed by atoms with Crippen LogP contribution in [0.15, 0.2) is 53.5 Å². The molecule has 3 N–H and O–H groups in total. The molecule has 9 nitrogen and oxygen atoms in total. The molecule has 0 atom stereocenters. The van der Waals surface area contributed by atoms with Gasteiger partial charge in [0.05, 0.1) is 23.3 Å². The third kappa shape index (κ3) is 4.73. The van der Waals surface area contributed by atoms with Crippen LogP contribution < -0.4 is 16.2 Å². The molecule has 0 radical (unpaired) electrons. The summed E-state index contributed by atoms with van der Waals surface area (Å²) in [6.45, 7) is 6.32. The minimum atomic E-state index is -0.391. The van der Waals surface area contributed by atoms with Crippen molar-refractivity contribution in [1.29, 1.82) is 0 Å². The fraction of sp³-hybridized carbons (Fsp3) is 0.240. The van der Waals surface area contributed by atoms with Crippen molar-refractivity contribution in [2.24, 2.45) is 0 Å². The summed E-state index contributed by atoms with van der Waals surface area (Å²) >= 11 is 0. The number of benzene rings is 1. The van der Waals surface area contributed by atoms with Crippen LogP contribution in [0.1, 0.15) is 42.0 Å². The number of ketones is 1. The molecule has 0 aliphatic carbocycles. The molecule has 0 aliphatic heterocycles. The standard InChI is InChI=1S/C25H26N6O3/c1-4-21(32)19-11-17(12-20-23(19)29-24(28-20)30-25(34)26-5-2)16-10-15(3)31(22(33)13-16)14-18-8-6-7-9-27-18/h6-13H,4-5,14H2,1-3H3,(H3,26,28,29,30,34). The Morgan fingerprint density at radius 1 is 1.09 bits per heavy atom. The number of H-pyrrole nitrogens is 1. The molecule has 0 unspecified atom stereocenters. The number of fused-ring (bicyclic) bond motifs is 1. The molecule has 0 spiro atoms. The number of rotatable bonds is 7. The van der Waals surface area contributed by atoms with E-state index in [0.29, 0.717) is 47.2 Å². The van der Waals surface area contributed by atoms with Gasteiger partial charge in [0.25, 0.3) is 5.56 Å². The number of carbonyl (C=O) groups excluding carboxylic acids is 2. The van der Waals surface area contributed by atoms with Gasteiger partial charge < -0.3 is 14.9 Å². The Morgan fingerprint density at radius 3 is 2.56 bits per heavy atom. The van der Waals surface area contributed by atoms with Gasteiger partial charge in [-0.15, -0.1) is 0 Å². The number of anilines is 1. The molecule has 0 fully saturated rings. The molecule has 4 rings (SSSR count). The molecule has 34 heavy (non-hydrogen) atoms. The van der Waals surface area contributed by atoms with Crippen molar-refractivity contribution in [1.82, 2.24) is 24.8 Å². The van der Waals surface area contributed by atoms with E-state index in [-0.39, 0.29) is 17.3 Å². The normalized spacial score (nSPS) is 10.9. The Balaban J connectivity index is 1.77. The molecule has 3 heterocycles. The number of urea groups is 1. The fourth-order valence-corrected chi connectivity index (χ4v) is 3.81. The molecule has 2 amide bonds. The van der Waals surface area contributed by atoms with Crippen LogP contribution in [-0.2, 0) is 6.54 Å².